The van der Waals surface area contributed by atoms with E-state index < -0.39 is 0 Å². The molecule has 2 N–H and O–H groups in total. The van der Waals surface area contributed by atoms with Crippen molar-refractivity contribution >= 4 is 22.5 Å². The lowest BCUT2D eigenvalue weighted by Crippen LogP contribution is -2.29. The topological polar surface area (TPSA) is 57.4 Å². The zero-order chi connectivity index (χ0) is 21.8. The number of carbonyl (C=O) groups is 1. The molecule has 4 aromatic rings. The molecule has 5 nitrogen and oxygen atoms in total. The molecule has 5 heteroatoms. The van der Waals surface area contributed by atoms with Crippen LogP contribution in [0.3, 0.4) is 0 Å². The summed E-state index contributed by atoms with van der Waals surface area (Å²) < 4.78 is 5.31. The first-order valence-corrected chi connectivity index (χ1v) is 10.3. The first kappa shape index (κ1) is 20.5. The molecule has 0 spiro atoms. The lowest BCUT2D eigenvalue weighted by Gasteiger charge is -2.19. The number of hydrogen-bond acceptors (Lipinski definition) is 3. The third-order valence-electron chi connectivity index (χ3n) is 5.63. The van der Waals surface area contributed by atoms with Gasteiger partial charge in [-0.15, -0.1) is 0 Å². The lowest BCUT2D eigenvalue weighted by molar-refractivity contribution is 0.0952. The second kappa shape index (κ2) is 8.96. The summed E-state index contributed by atoms with van der Waals surface area (Å²) in [5.41, 5.74) is 5.07. The van der Waals surface area contributed by atoms with Crippen LogP contribution in [0, 0.1) is 0 Å². The number of aromatic nitrogens is 1. The lowest BCUT2D eigenvalue weighted by atomic mass is 9.90. The van der Waals surface area contributed by atoms with E-state index in [1.165, 1.54) is 0 Å². The zero-order valence-corrected chi connectivity index (χ0v) is 18.1. The van der Waals surface area contributed by atoms with Crippen molar-refractivity contribution in [3.8, 4) is 5.75 Å². The molecular weight excluding hydrogens is 386 g/mol. The van der Waals surface area contributed by atoms with Gasteiger partial charge in [-0.3, -0.25) is 4.79 Å². The minimum Gasteiger partial charge on any atom is -0.497 e. The maximum atomic E-state index is 12.8. The van der Waals surface area contributed by atoms with E-state index in [0.717, 1.165) is 33.5 Å². The average molecular weight is 414 g/mol. The number of rotatable bonds is 7. The number of methoxy groups -OCH3 is 1. The van der Waals surface area contributed by atoms with Crippen molar-refractivity contribution in [1.82, 2.24) is 10.3 Å². The normalized spacial score (nSPS) is 11.8. The van der Waals surface area contributed by atoms with Gasteiger partial charge in [0.15, 0.2) is 0 Å². The van der Waals surface area contributed by atoms with Gasteiger partial charge in [0.1, 0.15) is 5.75 Å². The van der Waals surface area contributed by atoms with E-state index in [4.69, 9.17) is 4.74 Å². The highest BCUT2D eigenvalue weighted by atomic mass is 16.5. The van der Waals surface area contributed by atoms with Gasteiger partial charge in [-0.2, -0.15) is 0 Å². The Balaban J connectivity index is 1.60. The van der Waals surface area contributed by atoms with E-state index in [-0.39, 0.29) is 11.8 Å². The van der Waals surface area contributed by atoms with Crippen LogP contribution in [-0.4, -0.2) is 38.6 Å². The number of hydrogen-bond donors (Lipinski definition) is 2. The van der Waals surface area contributed by atoms with Gasteiger partial charge in [-0.05, 0) is 53.6 Å². The van der Waals surface area contributed by atoms with Crippen LogP contribution in [0.2, 0.25) is 0 Å². The number of fused-ring (bicyclic) bond motifs is 1. The Kier molecular flexibility index (Phi) is 5.94. The molecule has 0 saturated carbocycles. The van der Waals surface area contributed by atoms with Crippen LogP contribution in [0.15, 0.2) is 79.0 Å². The highest BCUT2D eigenvalue weighted by molar-refractivity contribution is 5.94. The molecular formula is C26H27N3O2. The van der Waals surface area contributed by atoms with Crippen molar-refractivity contribution in [3.63, 3.8) is 0 Å². The van der Waals surface area contributed by atoms with Gasteiger partial charge in [0.2, 0.25) is 0 Å². The fourth-order valence-electron chi connectivity index (χ4n) is 3.83. The Morgan fingerprint density at radius 3 is 2.39 bits per heavy atom. The average Bonchev–Trinajstić information content (AvgIpc) is 3.23. The predicted molar refractivity (Wildman–Crippen MR) is 126 cm³/mol. The van der Waals surface area contributed by atoms with Gasteiger partial charge in [-0.25, -0.2) is 0 Å². The summed E-state index contributed by atoms with van der Waals surface area (Å²) >= 11 is 0. The smallest absolute Gasteiger partial charge is 0.251 e. The van der Waals surface area contributed by atoms with Crippen LogP contribution in [0.25, 0.3) is 10.9 Å². The molecule has 158 valence electrons. The zero-order valence-electron chi connectivity index (χ0n) is 18.1. The summed E-state index contributed by atoms with van der Waals surface area (Å²) in [4.78, 5) is 18.2. The number of amides is 1. The van der Waals surface area contributed by atoms with Gasteiger partial charge in [0.05, 0.1) is 7.11 Å². The summed E-state index contributed by atoms with van der Waals surface area (Å²) in [7, 11) is 5.62. The fourth-order valence-corrected chi connectivity index (χ4v) is 3.83. The number of benzene rings is 3. The summed E-state index contributed by atoms with van der Waals surface area (Å²) in [6, 6.07) is 23.9. The van der Waals surface area contributed by atoms with Gasteiger partial charge >= 0.3 is 0 Å². The van der Waals surface area contributed by atoms with Crippen LogP contribution in [-0.2, 0) is 0 Å². The Morgan fingerprint density at radius 1 is 1.00 bits per heavy atom. The molecule has 0 fully saturated rings. The third kappa shape index (κ3) is 4.40. The molecule has 1 aromatic heterocycles. The number of nitrogens with zero attached hydrogens (tertiary/aromatic N) is 1. The number of carbonyl (C=O) groups excluding carboxylic acids is 1. The second-order valence-corrected chi connectivity index (χ2v) is 7.77. The minimum atomic E-state index is -0.0799. The summed E-state index contributed by atoms with van der Waals surface area (Å²) in [5, 5.41) is 4.29. The predicted octanol–water partition coefficient (Wildman–Crippen LogP) is 4.80. The number of H-pyrrole nitrogens is 1. The number of para-hydroxylation sites is 1. The van der Waals surface area contributed by atoms with Gasteiger partial charge in [-0.1, -0.05) is 30.3 Å². The largest absolute Gasteiger partial charge is 0.497 e. The number of anilines is 1. The maximum absolute atomic E-state index is 12.8. The molecule has 1 atom stereocenters. The summed E-state index contributed by atoms with van der Waals surface area (Å²) in [6.45, 7) is 0.489. The van der Waals surface area contributed by atoms with E-state index in [0.29, 0.717) is 12.1 Å². The molecule has 0 bridgehead atoms. The molecule has 0 aliphatic carbocycles. The van der Waals surface area contributed by atoms with Crippen molar-refractivity contribution < 1.29 is 9.53 Å². The summed E-state index contributed by atoms with van der Waals surface area (Å²) in [6.07, 6.45) is 2.04. The molecule has 31 heavy (non-hydrogen) atoms. The van der Waals surface area contributed by atoms with Crippen molar-refractivity contribution in [2.24, 2.45) is 0 Å². The minimum absolute atomic E-state index is 0.00653. The van der Waals surface area contributed by atoms with E-state index in [9.17, 15) is 4.79 Å². The van der Waals surface area contributed by atoms with Crippen LogP contribution >= 0.6 is 0 Å². The monoisotopic (exact) mass is 413 g/mol. The molecule has 0 aliphatic rings. The molecule has 1 heterocycles. The fraction of sp³-hybridized carbons (Fsp3) is 0.192. The Morgan fingerprint density at radius 2 is 1.71 bits per heavy atom. The van der Waals surface area contributed by atoms with Crippen LogP contribution < -0.4 is 15.0 Å². The van der Waals surface area contributed by atoms with Crippen LogP contribution in [0.4, 0.5) is 5.69 Å². The molecule has 1 amide bonds. The van der Waals surface area contributed by atoms with Crippen molar-refractivity contribution in [2.45, 2.75) is 5.92 Å². The molecule has 1 unspecified atom stereocenters. The Hall–Kier alpha value is -3.73. The molecule has 0 radical (unpaired) electrons. The molecule has 3 aromatic carbocycles. The Bertz CT molecular complexity index is 1160. The molecule has 0 aliphatic heterocycles. The van der Waals surface area contributed by atoms with Gasteiger partial charge in [0.25, 0.3) is 5.91 Å². The first-order chi connectivity index (χ1) is 15.1. The number of aromatic amines is 1. The van der Waals surface area contributed by atoms with Gasteiger partial charge in [0, 0.05) is 54.9 Å². The maximum Gasteiger partial charge on any atom is 0.251 e. The van der Waals surface area contributed by atoms with E-state index in [2.05, 4.69) is 34.6 Å². The third-order valence-corrected chi connectivity index (χ3v) is 5.63. The van der Waals surface area contributed by atoms with Crippen molar-refractivity contribution in [2.75, 3.05) is 32.6 Å². The standard InChI is InChI=1S/C26H27N3O2/c1-29(2)20-12-8-19(9-13-20)26(30)28-16-23(18-10-14-21(31-3)15-11-18)24-17-27-25-7-5-4-6-22(24)25/h4-15,17,23,27H,16H2,1-3H3,(H,28,30). The number of nitrogens with one attached hydrogen (secondary N) is 2. The van der Waals surface area contributed by atoms with Crippen LogP contribution in [0.1, 0.15) is 27.4 Å². The van der Waals surface area contributed by atoms with Gasteiger partial charge < -0.3 is 19.9 Å². The quantitative estimate of drug-likeness (QED) is 0.457. The van der Waals surface area contributed by atoms with Crippen molar-refractivity contribution in [1.29, 1.82) is 0 Å². The van der Waals surface area contributed by atoms with Crippen LogP contribution in [0.5, 0.6) is 5.75 Å². The molecule has 0 saturated heterocycles. The molecule has 4 rings (SSSR count). The summed E-state index contributed by atoms with van der Waals surface area (Å²) in [5.74, 6) is 0.738. The van der Waals surface area contributed by atoms with E-state index in [1.807, 2.05) is 73.7 Å². The van der Waals surface area contributed by atoms with Crippen molar-refractivity contribution in [3.05, 3.63) is 95.7 Å². The number of ether oxygens (including phenoxy) is 1. The van der Waals surface area contributed by atoms with E-state index >= 15 is 0 Å². The SMILES string of the molecule is COc1ccc(C(CNC(=O)c2ccc(N(C)C)cc2)c2c[nH]c3ccccc23)cc1. The highest BCUT2D eigenvalue weighted by Gasteiger charge is 2.19. The van der Waals surface area contributed by atoms with E-state index in [1.54, 1.807) is 7.11 Å². The second-order valence-electron chi connectivity index (χ2n) is 7.77. The highest BCUT2D eigenvalue weighted by Crippen LogP contribution is 2.31. The first-order valence-electron chi connectivity index (χ1n) is 10.3. The Labute approximate surface area is 182 Å².